The van der Waals surface area contributed by atoms with Crippen molar-refractivity contribution in [2.45, 2.75) is 90.0 Å². The average Bonchev–Trinajstić information content (AvgIpc) is 3.16. The van der Waals surface area contributed by atoms with Gasteiger partial charge in [0.25, 0.3) is 0 Å². The van der Waals surface area contributed by atoms with E-state index in [1.165, 1.54) is 6.92 Å². The molecule has 3 saturated heterocycles. The molecule has 7 nitrogen and oxygen atoms in total. The van der Waals surface area contributed by atoms with Gasteiger partial charge in [-0.15, -0.1) is 0 Å². The second-order valence-electron chi connectivity index (χ2n) is 12.8. The predicted molar refractivity (Wildman–Crippen MR) is 116 cm³/mol. The molecule has 1 unspecified atom stereocenters. The lowest BCUT2D eigenvalue weighted by molar-refractivity contribution is -0.264. The molecule has 3 aliphatic heterocycles. The fourth-order valence-corrected chi connectivity index (χ4v) is 11.2. The van der Waals surface area contributed by atoms with E-state index in [-0.39, 0.29) is 64.4 Å². The standard InChI is InChI=1S/C26H35NO6/c1-10(2)22(30)33-21-15-18-24(5)7-6-8-25(18)19-17(32-12(4)28)13-11(3)9-26(19,21)14(16(13)29)20(25)27(15)23(24)31/h10,13-21,23,29,31H,3,6-9H2,1-2,4-5H3/t13-,14+,15+,16+,17+,18+,19-,20+,21+,23+,24+,25-,26-/m0/s1. The summed E-state index contributed by atoms with van der Waals surface area (Å²) in [7, 11) is 0. The largest absolute Gasteiger partial charge is 0.461 e. The Hall–Kier alpha value is -1.44. The number of hydrogen-bond donors (Lipinski definition) is 2. The summed E-state index contributed by atoms with van der Waals surface area (Å²) < 4.78 is 12.5. The summed E-state index contributed by atoms with van der Waals surface area (Å²) >= 11 is 0. The van der Waals surface area contributed by atoms with Gasteiger partial charge >= 0.3 is 11.9 Å². The van der Waals surface area contributed by atoms with Crippen LogP contribution in [0.5, 0.6) is 0 Å². The zero-order valence-electron chi connectivity index (χ0n) is 19.9. The van der Waals surface area contributed by atoms with Crippen molar-refractivity contribution in [3.05, 3.63) is 12.2 Å². The second kappa shape index (κ2) is 5.85. The molecule has 6 saturated carbocycles. The highest BCUT2D eigenvalue weighted by atomic mass is 16.6. The lowest BCUT2D eigenvalue weighted by Gasteiger charge is -2.67. The summed E-state index contributed by atoms with van der Waals surface area (Å²) in [6.45, 7) is 11.7. The van der Waals surface area contributed by atoms with Gasteiger partial charge in [-0.3, -0.25) is 14.5 Å². The Balaban J connectivity index is 1.49. The fourth-order valence-electron chi connectivity index (χ4n) is 11.2. The Kier molecular flexibility index (Phi) is 3.70. The summed E-state index contributed by atoms with van der Waals surface area (Å²) in [5, 5.41) is 23.4. The summed E-state index contributed by atoms with van der Waals surface area (Å²) in [6, 6.07) is -0.0286. The quantitative estimate of drug-likeness (QED) is 0.493. The SMILES string of the molecule is C=C1C[C@]23[C@@H]4[C@H](O)[C@H]1[C@@H](OC(C)=O)[C@H]2[C@]12CCC[C@]5(C)[C@H]1[C@H]([C@H]3OC(=O)C(C)C)N([C@@H]5O)[C@H]42. The third kappa shape index (κ3) is 1.87. The normalized spacial score (nSPS) is 60.6. The lowest BCUT2D eigenvalue weighted by atomic mass is 9.39. The van der Waals surface area contributed by atoms with Gasteiger partial charge in [0.15, 0.2) is 0 Å². The number of carbonyl (C=O) groups is 2. The first-order valence-electron chi connectivity index (χ1n) is 12.7. The molecule has 9 aliphatic rings. The van der Waals surface area contributed by atoms with Crippen LogP contribution < -0.4 is 0 Å². The maximum atomic E-state index is 13.0. The molecule has 9 rings (SSSR count). The molecule has 0 aromatic carbocycles. The van der Waals surface area contributed by atoms with Crippen LogP contribution in [0.25, 0.3) is 0 Å². The molecule has 0 radical (unpaired) electrons. The maximum Gasteiger partial charge on any atom is 0.308 e. The number of aliphatic hydroxyl groups excluding tert-OH is 2. The van der Waals surface area contributed by atoms with Crippen LogP contribution in [0.1, 0.15) is 53.4 Å². The van der Waals surface area contributed by atoms with Crippen LogP contribution in [-0.2, 0) is 19.1 Å². The van der Waals surface area contributed by atoms with E-state index in [0.717, 1.165) is 24.8 Å². The first-order valence-corrected chi connectivity index (χ1v) is 12.7. The number of carbonyl (C=O) groups excluding carboxylic acids is 2. The molecule has 3 heterocycles. The monoisotopic (exact) mass is 457 g/mol. The topological polar surface area (TPSA) is 96.3 Å². The smallest absolute Gasteiger partial charge is 0.308 e. The van der Waals surface area contributed by atoms with Crippen LogP contribution in [-0.4, -0.2) is 63.7 Å². The number of esters is 2. The molecule has 180 valence electrons. The molecule has 2 spiro atoms. The van der Waals surface area contributed by atoms with E-state index in [4.69, 9.17) is 9.47 Å². The summed E-state index contributed by atoms with van der Waals surface area (Å²) in [6.07, 6.45) is 1.43. The molecule has 9 fully saturated rings. The molecule has 0 aromatic heterocycles. The highest BCUT2D eigenvalue weighted by Crippen LogP contribution is 2.88. The van der Waals surface area contributed by atoms with Crippen molar-refractivity contribution in [2.75, 3.05) is 0 Å². The van der Waals surface area contributed by atoms with Crippen molar-refractivity contribution in [1.29, 1.82) is 0 Å². The number of ether oxygens (including phenoxy) is 2. The van der Waals surface area contributed by atoms with Crippen LogP contribution in [0.2, 0.25) is 0 Å². The van der Waals surface area contributed by atoms with Crippen LogP contribution in [0.3, 0.4) is 0 Å². The first kappa shape index (κ1) is 20.9. The lowest BCUT2D eigenvalue weighted by Crippen LogP contribution is -2.74. The van der Waals surface area contributed by atoms with Crippen molar-refractivity contribution in [2.24, 2.45) is 45.8 Å². The van der Waals surface area contributed by atoms with Gasteiger partial charge in [0.2, 0.25) is 0 Å². The van der Waals surface area contributed by atoms with Crippen molar-refractivity contribution in [3.8, 4) is 0 Å². The van der Waals surface area contributed by atoms with E-state index >= 15 is 0 Å². The number of piperidine rings is 2. The Morgan fingerprint density at radius 3 is 2.55 bits per heavy atom. The summed E-state index contributed by atoms with van der Waals surface area (Å²) in [4.78, 5) is 27.6. The Morgan fingerprint density at radius 1 is 1.15 bits per heavy atom. The van der Waals surface area contributed by atoms with E-state index in [1.807, 2.05) is 13.8 Å². The van der Waals surface area contributed by atoms with Crippen LogP contribution >= 0.6 is 0 Å². The summed E-state index contributed by atoms with van der Waals surface area (Å²) in [5.74, 6) is -1.10. The molecule has 0 amide bonds. The molecular formula is C26H35NO6. The van der Waals surface area contributed by atoms with Crippen LogP contribution in [0.15, 0.2) is 12.2 Å². The van der Waals surface area contributed by atoms with Gasteiger partial charge in [-0.25, -0.2) is 0 Å². The Bertz CT molecular complexity index is 995. The minimum Gasteiger partial charge on any atom is -0.461 e. The third-order valence-electron chi connectivity index (χ3n) is 11.4. The van der Waals surface area contributed by atoms with E-state index in [0.29, 0.717) is 6.42 Å². The minimum atomic E-state index is -0.725. The molecule has 0 aromatic rings. The molecular weight excluding hydrogens is 422 g/mol. The van der Waals surface area contributed by atoms with E-state index in [1.54, 1.807) is 0 Å². The van der Waals surface area contributed by atoms with Gasteiger partial charge in [0.1, 0.15) is 18.4 Å². The van der Waals surface area contributed by atoms with Gasteiger partial charge in [-0.1, -0.05) is 39.3 Å². The van der Waals surface area contributed by atoms with Crippen molar-refractivity contribution >= 4 is 11.9 Å². The zero-order valence-corrected chi connectivity index (χ0v) is 19.9. The van der Waals surface area contributed by atoms with Gasteiger partial charge in [0, 0.05) is 41.5 Å². The highest BCUT2D eigenvalue weighted by molar-refractivity contribution is 5.72. The average molecular weight is 458 g/mol. The summed E-state index contributed by atoms with van der Waals surface area (Å²) in [5.41, 5.74) is -0.0192. The number of fused-ring (bicyclic) bond motifs is 1. The number of nitrogens with zero attached hydrogens (tertiary/aromatic N) is 1. The molecule has 33 heavy (non-hydrogen) atoms. The molecule has 7 heteroatoms. The molecule has 9 bridgehead atoms. The fraction of sp³-hybridized carbons (Fsp3) is 0.846. The Labute approximate surface area is 194 Å². The van der Waals surface area contributed by atoms with Gasteiger partial charge < -0.3 is 19.7 Å². The molecule has 2 N–H and O–H groups in total. The minimum absolute atomic E-state index is 0.00568. The van der Waals surface area contributed by atoms with E-state index in [2.05, 4.69) is 18.4 Å². The number of hydrogen-bond acceptors (Lipinski definition) is 7. The Morgan fingerprint density at radius 2 is 1.88 bits per heavy atom. The predicted octanol–water partition coefficient (Wildman–Crippen LogP) is 1.86. The van der Waals surface area contributed by atoms with E-state index < -0.39 is 30.0 Å². The highest BCUT2D eigenvalue weighted by Gasteiger charge is 2.94. The van der Waals surface area contributed by atoms with E-state index in [9.17, 15) is 19.8 Å². The second-order valence-corrected chi connectivity index (χ2v) is 12.8. The van der Waals surface area contributed by atoms with Crippen LogP contribution in [0.4, 0.5) is 0 Å². The number of aliphatic hydroxyl groups is 2. The molecule has 14 atom stereocenters. The van der Waals surface area contributed by atoms with Gasteiger partial charge in [-0.2, -0.15) is 0 Å². The van der Waals surface area contributed by atoms with Crippen molar-refractivity contribution < 1.29 is 29.3 Å². The van der Waals surface area contributed by atoms with Gasteiger partial charge in [-0.05, 0) is 30.6 Å². The van der Waals surface area contributed by atoms with Crippen LogP contribution in [0, 0.1) is 45.8 Å². The van der Waals surface area contributed by atoms with Gasteiger partial charge in [0.05, 0.1) is 18.1 Å². The number of rotatable bonds is 3. The van der Waals surface area contributed by atoms with Crippen molar-refractivity contribution in [1.82, 2.24) is 4.90 Å². The maximum absolute atomic E-state index is 13.0. The van der Waals surface area contributed by atoms with Crippen molar-refractivity contribution in [3.63, 3.8) is 0 Å². The molecule has 6 aliphatic carbocycles. The first-order chi connectivity index (χ1) is 15.5. The third-order valence-corrected chi connectivity index (χ3v) is 11.4. The zero-order chi connectivity index (χ0) is 23.4.